The van der Waals surface area contributed by atoms with Gasteiger partial charge in [-0.05, 0) is 36.4 Å². The number of hydrogen-bond acceptors (Lipinski definition) is 5. The van der Waals surface area contributed by atoms with Crippen molar-refractivity contribution in [2.75, 3.05) is 11.4 Å². The van der Waals surface area contributed by atoms with E-state index in [9.17, 15) is 4.79 Å². The number of nitrogens with zero attached hydrogens (tertiary/aromatic N) is 3. The second kappa shape index (κ2) is 5.96. The third-order valence-electron chi connectivity index (χ3n) is 3.87. The van der Waals surface area contributed by atoms with Crippen LogP contribution in [0.2, 0.25) is 0 Å². The summed E-state index contributed by atoms with van der Waals surface area (Å²) in [6.07, 6.45) is 5.45. The fourth-order valence-corrected chi connectivity index (χ4v) is 3.46. The van der Waals surface area contributed by atoms with Crippen LogP contribution in [0.1, 0.15) is 17.8 Å². The Balaban J connectivity index is 1.53. The predicted molar refractivity (Wildman–Crippen MR) is 88.4 cm³/mol. The standard InChI is InChI=1S/C17H15N3O2S/c21-16(20-8-2-4-13-14(20)5-1-7-18-13)10-12-11-22-17(19-12)15-6-3-9-23-15/h1,3,5-7,9,11H,2,4,8,10H2. The molecule has 3 aromatic rings. The number of pyridine rings is 1. The summed E-state index contributed by atoms with van der Waals surface area (Å²) in [5.74, 6) is 0.605. The van der Waals surface area contributed by atoms with Crippen molar-refractivity contribution in [2.24, 2.45) is 0 Å². The van der Waals surface area contributed by atoms with Crippen molar-refractivity contribution in [3.05, 3.63) is 53.5 Å². The minimum Gasteiger partial charge on any atom is -0.444 e. The molecule has 1 aliphatic rings. The molecule has 0 aliphatic carbocycles. The summed E-state index contributed by atoms with van der Waals surface area (Å²) in [6, 6.07) is 7.73. The van der Waals surface area contributed by atoms with Crippen LogP contribution in [0, 0.1) is 0 Å². The van der Waals surface area contributed by atoms with Crippen molar-refractivity contribution >= 4 is 22.9 Å². The Morgan fingerprint density at radius 3 is 3.17 bits per heavy atom. The number of rotatable bonds is 3. The second-order valence-corrected chi connectivity index (χ2v) is 6.36. The van der Waals surface area contributed by atoms with E-state index in [4.69, 9.17) is 4.42 Å². The Morgan fingerprint density at radius 2 is 2.30 bits per heavy atom. The van der Waals surface area contributed by atoms with Gasteiger partial charge in [-0.15, -0.1) is 11.3 Å². The average Bonchev–Trinajstić information content (AvgIpc) is 3.25. The third-order valence-corrected chi connectivity index (χ3v) is 4.73. The molecule has 0 saturated carbocycles. The maximum Gasteiger partial charge on any atom is 0.236 e. The molecule has 0 fully saturated rings. The van der Waals surface area contributed by atoms with Gasteiger partial charge in [0, 0.05) is 12.7 Å². The molecular formula is C17H15N3O2S. The normalized spacial score (nSPS) is 13.8. The summed E-state index contributed by atoms with van der Waals surface area (Å²) in [5.41, 5.74) is 2.58. The highest BCUT2D eigenvalue weighted by atomic mass is 32.1. The zero-order chi connectivity index (χ0) is 15.6. The van der Waals surface area contributed by atoms with Gasteiger partial charge in [0.1, 0.15) is 6.26 Å². The van der Waals surface area contributed by atoms with E-state index in [2.05, 4.69) is 9.97 Å². The van der Waals surface area contributed by atoms with E-state index < -0.39 is 0 Å². The summed E-state index contributed by atoms with van der Waals surface area (Å²) in [4.78, 5) is 24.2. The van der Waals surface area contributed by atoms with Gasteiger partial charge >= 0.3 is 0 Å². The maximum absolute atomic E-state index is 12.6. The average molecular weight is 325 g/mol. The highest BCUT2D eigenvalue weighted by molar-refractivity contribution is 7.13. The van der Waals surface area contributed by atoms with Gasteiger partial charge in [0.05, 0.1) is 28.4 Å². The molecule has 0 radical (unpaired) electrons. The number of carbonyl (C=O) groups is 1. The molecule has 6 heteroatoms. The molecule has 23 heavy (non-hydrogen) atoms. The lowest BCUT2D eigenvalue weighted by molar-refractivity contribution is -0.118. The number of anilines is 1. The van der Waals surface area contributed by atoms with Gasteiger partial charge in [-0.2, -0.15) is 0 Å². The first-order valence-electron chi connectivity index (χ1n) is 7.54. The van der Waals surface area contributed by atoms with Crippen LogP contribution in [0.25, 0.3) is 10.8 Å². The number of carbonyl (C=O) groups excluding carboxylic acids is 1. The molecule has 116 valence electrons. The van der Waals surface area contributed by atoms with E-state index in [0.29, 0.717) is 11.6 Å². The molecule has 0 unspecified atom stereocenters. The summed E-state index contributed by atoms with van der Waals surface area (Å²) in [7, 11) is 0. The van der Waals surface area contributed by atoms with E-state index in [1.165, 1.54) is 0 Å². The molecule has 0 saturated heterocycles. The van der Waals surface area contributed by atoms with Crippen molar-refractivity contribution in [2.45, 2.75) is 19.3 Å². The number of fused-ring (bicyclic) bond motifs is 1. The largest absolute Gasteiger partial charge is 0.444 e. The molecule has 1 aliphatic heterocycles. The van der Waals surface area contributed by atoms with Crippen LogP contribution in [0.3, 0.4) is 0 Å². The van der Waals surface area contributed by atoms with Gasteiger partial charge in [0.15, 0.2) is 0 Å². The number of oxazole rings is 1. The lowest BCUT2D eigenvalue weighted by atomic mass is 10.1. The predicted octanol–water partition coefficient (Wildman–Crippen LogP) is 3.32. The first-order valence-corrected chi connectivity index (χ1v) is 8.42. The van der Waals surface area contributed by atoms with Gasteiger partial charge in [-0.3, -0.25) is 9.78 Å². The molecule has 3 aromatic heterocycles. The van der Waals surface area contributed by atoms with Crippen LogP contribution in [0.5, 0.6) is 0 Å². The van der Waals surface area contributed by atoms with Gasteiger partial charge in [-0.1, -0.05) is 6.07 Å². The van der Waals surface area contributed by atoms with Crippen molar-refractivity contribution < 1.29 is 9.21 Å². The summed E-state index contributed by atoms with van der Waals surface area (Å²) < 4.78 is 5.48. The summed E-state index contributed by atoms with van der Waals surface area (Å²) >= 11 is 1.57. The molecule has 4 heterocycles. The van der Waals surface area contributed by atoms with Gasteiger partial charge in [-0.25, -0.2) is 4.98 Å². The van der Waals surface area contributed by atoms with Gasteiger partial charge < -0.3 is 9.32 Å². The van der Waals surface area contributed by atoms with Crippen LogP contribution in [-0.2, 0) is 17.6 Å². The number of aromatic nitrogens is 2. The van der Waals surface area contributed by atoms with Gasteiger partial charge in [0.2, 0.25) is 11.8 Å². The molecule has 0 spiro atoms. The van der Waals surface area contributed by atoms with E-state index in [-0.39, 0.29) is 12.3 Å². The highest BCUT2D eigenvalue weighted by Gasteiger charge is 2.24. The fraction of sp³-hybridized carbons (Fsp3) is 0.235. The highest BCUT2D eigenvalue weighted by Crippen LogP contribution is 2.27. The topological polar surface area (TPSA) is 59.2 Å². The van der Waals surface area contributed by atoms with E-state index >= 15 is 0 Å². The molecule has 0 N–H and O–H groups in total. The Morgan fingerprint density at radius 1 is 1.35 bits per heavy atom. The number of hydrogen-bond donors (Lipinski definition) is 0. The van der Waals surface area contributed by atoms with Crippen LogP contribution in [0.4, 0.5) is 5.69 Å². The zero-order valence-electron chi connectivity index (χ0n) is 12.4. The monoisotopic (exact) mass is 325 g/mol. The Labute approximate surface area is 137 Å². The second-order valence-electron chi connectivity index (χ2n) is 5.42. The Hall–Kier alpha value is -2.47. The lowest BCUT2D eigenvalue weighted by Crippen LogP contribution is -2.36. The van der Waals surface area contributed by atoms with Crippen LogP contribution in [-0.4, -0.2) is 22.4 Å². The summed E-state index contributed by atoms with van der Waals surface area (Å²) in [5, 5.41) is 1.97. The van der Waals surface area contributed by atoms with Crippen LogP contribution < -0.4 is 4.90 Å². The van der Waals surface area contributed by atoms with E-state index in [1.54, 1.807) is 23.8 Å². The first kappa shape index (κ1) is 14.1. The molecule has 1 amide bonds. The SMILES string of the molecule is O=C(Cc1coc(-c2cccs2)n1)N1CCCc2ncccc21. The number of thiophene rings is 1. The molecular weight excluding hydrogens is 310 g/mol. The summed E-state index contributed by atoms with van der Waals surface area (Å²) in [6.45, 7) is 0.729. The first-order chi connectivity index (χ1) is 11.3. The Kier molecular flexibility index (Phi) is 3.67. The molecule has 0 bridgehead atoms. The Bertz CT molecular complexity index is 826. The van der Waals surface area contributed by atoms with Crippen LogP contribution >= 0.6 is 11.3 Å². The van der Waals surface area contributed by atoms with E-state index in [0.717, 1.165) is 35.6 Å². The van der Waals surface area contributed by atoms with Gasteiger partial charge in [0.25, 0.3) is 0 Å². The fourth-order valence-electron chi connectivity index (χ4n) is 2.80. The quantitative estimate of drug-likeness (QED) is 0.741. The lowest BCUT2D eigenvalue weighted by Gasteiger charge is -2.28. The number of aryl methyl sites for hydroxylation is 1. The molecule has 0 aromatic carbocycles. The number of amides is 1. The van der Waals surface area contributed by atoms with Crippen molar-refractivity contribution in [1.82, 2.24) is 9.97 Å². The molecule has 4 rings (SSSR count). The smallest absolute Gasteiger partial charge is 0.236 e. The third kappa shape index (κ3) is 2.77. The van der Waals surface area contributed by atoms with Crippen molar-refractivity contribution in [1.29, 1.82) is 0 Å². The molecule has 0 atom stereocenters. The minimum absolute atomic E-state index is 0.0324. The van der Waals surface area contributed by atoms with Crippen LogP contribution in [0.15, 0.2) is 46.5 Å². The zero-order valence-corrected chi connectivity index (χ0v) is 13.3. The molecule has 5 nitrogen and oxygen atoms in total. The van der Waals surface area contributed by atoms with Crippen molar-refractivity contribution in [3.8, 4) is 10.8 Å². The maximum atomic E-state index is 12.6. The van der Waals surface area contributed by atoms with E-state index in [1.807, 2.05) is 34.5 Å². The van der Waals surface area contributed by atoms with Crippen molar-refractivity contribution in [3.63, 3.8) is 0 Å². The minimum atomic E-state index is 0.0324.